The molecule has 0 N–H and O–H groups in total. The fraction of sp³-hybridized carbons (Fsp3) is 0.0556. The molecule has 180 valence electrons. The molecule has 8 aromatic rings. The summed E-state index contributed by atoms with van der Waals surface area (Å²) in [5.41, 5.74) is 10.1. The predicted octanol–water partition coefficient (Wildman–Crippen LogP) is 9.46. The lowest BCUT2D eigenvalue weighted by molar-refractivity contribution is 1.01. The van der Waals surface area contributed by atoms with E-state index >= 15 is 0 Å². The topological polar surface area (TPSA) is 9.86 Å². The van der Waals surface area contributed by atoms with E-state index in [9.17, 15) is 0 Å². The second-order valence-corrected chi connectivity index (χ2v) is 10.3. The van der Waals surface area contributed by atoms with Crippen LogP contribution in [0.15, 0.2) is 121 Å². The van der Waals surface area contributed by atoms with E-state index in [0.29, 0.717) is 0 Å². The highest BCUT2D eigenvalue weighted by molar-refractivity contribution is 6.29. The highest BCUT2D eigenvalue weighted by Crippen LogP contribution is 2.48. The molecule has 0 saturated carbocycles. The molecule has 8 rings (SSSR count). The summed E-state index contributed by atoms with van der Waals surface area (Å²) in [7, 11) is 4.40. The van der Waals surface area contributed by atoms with Crippen molar-refractivity contribution in [1.82, 2.24) is 9.13 Å². The number of aromatic nitrogens is 2. The molecule has 38 heavy (non-hydrogen) atoms. The zero-order valence-electron chi connectivity index (χ0n) is 21.4. The lowest BCUT2D eigenvalue weighted by atomic mass is 9.87. The number of hydrogen-bond acceptors (Lipinski definition) is 0. The van der Waals surface area contributed by atoms with Gasteiger partial charge in [0.05, 0.1) is 11.0 Å². The molecule has 0 atom stereocenters. The van der Waals surface area contributed by atoms with Gasteiger partial charge in [-0.25, -0.2) is 0 Å². The molecular weight excluding hydrogens is 460 g/mol. The van der Waals surface area contributed by atoms with E-state index in [1.165, 1.54) is 76.6 Å². The van der Waals surface area contributed by atoms with Crippen LogP contribution in [-0.2, 0) is 14.1 Å². The first-order chi connectivity index (χ1) is 18.7. The molecule has 0 aliphatic carbocycles. The van der Waals surface area contributed by atoms with Crippen LogP contribution in [0.4, 0.5) is 0 Å². The molecule has 2 heteroatoms. The Morgan fingerprint density at radius 2 is 0.737 bits per heavy atom. The molecule has 0 fully saturated rings. The predicted molar refractivity (Wildman–Crippen MR) is 163 cm³/mol. The van der Waals surface area contributed by atoms with Crippen LogP contribution < -0.4 is 0 Å². The maximum Gasteiger partial charge on any atom is 0.0501 e. The first-order valence-electron chi connectivity index (χ1n) is 13.2. The third-order valence-corrected chi connectivity index (χ3v) is 8.32. The number of rotatable bonds is 2. The van der Waals surface area contributed by atoms with Crippen LogP contribution in [0.1, 0.15) is 0 Å². The van der Waals surface area contributed by atoms with Gasteiger partial charge in [-0.15, -0.1) is 0 Å². The molecule has 0 spiro atoms. The molecule has 2 nitrogen and oxygen atoms in total. The van der Waals surface area contributed by atoms with Crippen molar-refractivity contribution in [2.24, 2.45) is 14.1 Å². The van der Waals surface area contributed by atoms with Crippen molar-refractivity contribution < 1.29 is 0 Å². The fourth-order valence-corrected chi connectivity index (χ4v) is 6.61. The van der Waals surface area contributed by atoms with Crippen LogP contribution in [0.2, 0.25) is 0 Å². The van der Waals surface area contributed by atoms with E-state index in [4.69, 9.17) is 0 Å². The summed E-state index contributed by atoms with van der Waals surface area (Å²) in [4.78, 5) is 0. The Balaban J connectivity index is 1.72. The third-order valence-electron chi connectivity index (χ3n) is 8.32. The Kier molecular flexibility index (Phi) is 4.39. The molecule has 0 radical (unpaired) electrons. The number of benzene rings is 6. The number of nitrogens with zero attached hydrogens (tertiary/aromatic N) is 2. The van der Waals surface area contributed by atoms with Crippen LogP contribution in [0.3, 0.4) is 0 Å². The summed E-state index contributed by atoms with van der Waals surface area (Å²) < 4.78 is 4.72. The maximum absolute atomic E-state index is 2.43. The largest absolute Gasteiger partial charge is 0.344 e. The molecule has 0 bridgehead atoms. The average molecular weight is 487 g/mol. The number of hydrogen-bond donors (Lipinski definition) is 0. The lowest BCUT2D eigenvalue weighted by Crippen LogP contribution is -1.93. The lowest BCUT2D eigenvalue weighted by Gasteiger charge is -2.16. The highest BCUT2D eigenvalue weighted by atomic mass is 14.9. The third kappa shape index (κ3) is 2.77. The molecule has 0 unspecified atom stereocenters. The molecule has 0 saturated heterocycles. The van der Waals surface area contributed by atoms with Crippen molar-refractivity contribution in [2.75, 3.05) is 0 Å². The number of aryl methyl sites for hydroxylation is 2. The van der Waals surface area contributed by atoms with Crippen LogP contribution in [0, 0.1) is 0 Å². The average Bonchev–Trinajstić information content (AvgIpc) is 3.42. The smallest absolute Gasteiger partial charge is 0.0501 e. The first kappa shape index (κ1) is 21.3. The van der Waals surface area contributed by atoms with Gasteiger partial charge in [-0.2, -0.15) is 0 Å². The monoisotopic (exact) mass is 486 g/mol. The summed E-state index contributed by atoms with van der Waals surface area (Å²) >= 11 is 0. The Labute approximate surface area is 221 Å². The summed E-state index contributed by atoms with van der Waals surface area (Å²) in [5, 5.41) is 7.81. The summed E-state index contributed by atoms with van der Waals surface area (Å²) in [6.45, 7) is 0. The van der Waals surface area contributed by atoms with Gasteiger partial charge in [0.15, 0.2) is 0 Å². The molecule has 0 aliphatic rings. The van der Waals surface area contributed by atoms with Gasteiger partial charge in [-0.1, -0.05) is 97.1 Å². The molecule has 2 aromatic heterocycles. The van der Waals surface area contributed by atoms with Crippen LogP contribution in [-0.4, -0.2) is 9.13 Å². The van der Waals surface area contributed by atoms with Crippen LogP contribution >= 0.6 is 0 Å². The number of fused-ring (bicyclic) bond motifs is 7. The summed E-state index contributed by atoms with van der Waals surface area (Å²) in [5.74, 6) is 0. The van der Waals surface area contributed by atoms with E-state index in [1.54, 1.807) is 0 Å². The second-order valence-electron chi connectivity index (χ2n) is 10.3. The first-order valence-corrected chi connectivity index (χ1v) is 13.2. The van der Waals surface area contributed by atoms with Crippen molar-refractivity contribution in [1.29, 1.82) is 0 Å². The highest BCUT2D eigenvalue weighted by Gasteiger charge is 2.22. The zero-order valence-corrected chi connectivity index (χ0v) is 21.4. The van der Waals surface area contributed by atoms with E-state index in [-0.39, 0.29) is 0 Å². The summed E-state index contributed by atoms with van der Waals surface area (Å²) in [6, 6.07) is 44.3. The van der Waals surface area contributed by atoms with E-state index in [1.807, 2.05) is 0 Å². The normalized spacial score (nSPS) is 11.9. The summed E-state index contributed by atoms with van der Waals surface area (Å²) in [6.07, 6.45) is 0. The molecule has 6 aromatic carbocycles. The van der Waals surface area contributed by atoms with Gasteiger partial charge in [0.2, 0.25) is 0 Å². The minimum Gasteiger partial charge on any atom is -0.344 e. The Morgan fingerprint density at radius 1 is 0.368 bits per heavy atom. The van der Waals surface area contributed by atoms with Crippen molar-refractivity contribution in [3.8, 4) is 22.3 Å². The van der Waals surface area contributed by atoms with Crippen LogP contribution in [0.5, 0.6) is 0 Å². The molecule has 0 amide bonds. The van der Waals surface area contributed by atoms with Gasteiger partial charge in [-0.05, 0) is 57.3 Å². The Bertz CT molecular complexity index is 2020. The van der Waals surface area contributed by atoms with Gasteiger partial charge < -0.3 is 9.13 Å². The quantitative estimate of drug-likeness (QED) is 0.230. The molecule has 2 heterocycles. The van der Waals surface area contributed by atoms with Gasteiger partial charge >= 0.3 is 0 Å². The fourth-order valence-electron chi connectivity index (χ4n) is 6.61. The van der Waals surface area contributed by atoms with Gasteiger partial charge in [0.1, 0.15) is 0 Å². The van der Waals surface area contributed by atoms with Crippen molar-refractivity contribution in [2.45, 2.75) is 0 Å². The minimum absolute atomic E-state index is 1.25. The number of para-hydroxylation sites is 2. The maximum atomic E-state index is 2.43. The molecular formula is C36H26N2. The van der Waals surface area contributed by atoms with Gasteiger partial charge in [0.25, 0.3) is 0 Å². The van der Waals surface area contributed by atoms with E-state index < -0.39 is 0 Å². The Hall–Kier alpha value is -4.82. The minimum atomic E-state index is 1.25. The van der Waals surface area contributed by atoms with Gasteiger partial charge in [-0.3, -0.25) is 0 Å². The van der Waals surface area contributed by atoms with Crippen molar-refractivity contribution in [3.63, 3.8) is 0 Å². The van der Waals surface area contributed by atoms with E-state index in [0.717, 1.165) is 0 Å². The SMILES string of the molecule is Cn1c2ccccc2c2c(-c3ccccc3)c3cc4c(c(-c5ccccc5)c3cc21)c1ccccc1n4C. The standard InChI is InChI=1S/C36H26N2/c1-37-29-19-11-9-17-25(29)35-31(37)21-27-28(33(35)23-13-5-3-6-14-23)22-32-36(34(27)24-15-7-4-8-16-24)26-18-10-12-20-30(26)38(32)2/h3-22H,1-2H3. The van der Waals surface area contributed by atoms with Crippen LogP contribution in [0.25, 0.3) is 76.6 Å². The van der Waals surface area contributed by atoms with Crippen molar-refractivity contribution >= 4 is 54.4 Å². The Morgan fingerprint density at radius 3 is 1.16 bits per heavy atom. The van der Waals surface area contributed by atoms with Gasteiger partial charge in [0, 0.05) is 46.7 Å². The van der Waals surface area contributed by atoms with E-state index in [2.05, 4.69) is 145 Å². The second kappa shape index (κ2) is 7.84. The van der Waals surface area contributed by atoms with Crippen molar-refractivity contribution in [3.05, 3.63) is 121 Å². The zero-order chi connectivity index (χ0) is 25.4. The molecule has 0 aliphatic heterocycles.